The third-order valence-electron chi connectivity index (χ3n) is 3.94. The molecule has 23 heavy (non-hydrogen) atoms. The summed E-state index contributed by atoms with van der Waals surface area (Å²) in [6.07, 6.45) is 0.358. The summed E-state index contributed by atoms with van der Waals surface area (Å²) in [4.78, 5) is 37.9. The average molecular weight is 308 g/mol. The van der Waals surface area contributed by atoms with Gasteiger partial charge in [0.15, 0.2) is 0 Å². The minimum atomic E-state index is -0.340. The van der Waals surface area contributed by atoms with Gasteiger partial charge in [0, 0.05) is 12.1 Å². The van der Waals surface area contributed by atoms with Gasteiger partial charge in [0.2, 0.25) is 5.91 Å². The van der Waals surface area contributed by atoms with Crippen molar-refractivity contribution in [1.82, 2.24) is 0 Å². The highest BCUT2D eigenvalue weighted by Gasteiger charge is 2.37. The van der Waals surface area contributed by atoms with E-state index in [0.29, 0.717) is 34.5 Å². The van der Waals surface area contributed by atoms with E-state index in [4.69, 9.17) is 0 Å². The number of carbonyl (C=O) groups excluding carboxylic acids is 3. The SMILES string of the molecule is CCC(=O)Nc1cccc(N2C(=O)c3ccccc3C2=O)c1C. The van der Waals surface area contributed by atoms with Gasteiger partial charge in [0.1, 0.15) is 0 Å². The van der Waals surface area contributed by atoms with Gasteiger partial charge < -0.3 is 5.32 Å². The first-order chi connectivity index (χ1) is 11.0. The molecule has 0 bridgehead atoms. The fourth-order valence-corrected chi connectivity index (χ4v) is 2.65. The molecule has 2 aromatic rings. The molecular weight excluding hydrogens is 292 g/mol. The third-order valence-corrected chi connectivity index (χ3v) is 3.94. The number of amides is 3. The van der Waals surface area contributed by atoms with Gasteiger partial charge in [-0.05, 0) is 36.8 Å². The predicted molar refractivity (Wildman–Crippen MR) is 87.7 cm³/mol. The second-order valence-electron chi connectivity index (χ2n) is 5.34. The lowest BCUT2D eigenvalue weighted by molar-refractivity contribution is -0.115. The van der Waals surface area contributed by atoms with Crippen molar-refractivity contribution in [3.63, 3.8) is 0 Å². The zero-order valence-corrected chi connectivity index (χ0v) is 12.9. The Bertz CT molecular complexity index is 792. The number of hydrogen-bond acceptors (Lipinski definition) is 3. The van der Waals surface area contributed by atoms with Crippen LogP contribution >= 0.6 is 0 Å². The van der Waals surface area contributed by atoms with Crippen molar-refractivity contribution in [2.24, 2.45) is 0 Å². The lowest BCUT2D eigenvalue weighted by atomic mass is 10.1. The van der Waals surface area contributed by atoms with Crippen LogP contribution in [-0.2, 0) is 4.79 Å². The highest BCUT2D eigenvalue weighted by atomic mass is 16.2. The molecule has 0 saturated carbocycles. The fourth-order valence-electron chi connectivity index (χ4n) is 2.65. The molecule has 0 spiro atoms. The minimum absolute atomic E-state index is 0.118. The monoisotopic (exact) mass is 308 g/mol. The summed E-state index contributed by atoms with van der Waals surface area (Å²) in [6.45, 7) is 3.54. The maximum atomic E-state index is 12.6. The first-order valence-electron chi connectivity index (χ1n) is 7.42. The largest absolute Gasteiger partial charge is 0.326 e. The number of rotatable bonds is 3. The molecule has 5 nitrogen and oxygen atoms in total. The van der Waals surface area contributed by atoms with Gasteiger partial charge in [-0.3, -0.25) is 14.4 Å². The zero-order valence-electron chi connectivity index (χ0n) is 12.9. The van der Waals surface area contributed by atoms with Crippen LogP contribution in [0.2, 0.25) is 0 Å². The summed E-state index contributed by atoms with van der Waals surface area (Å²) in [5.41, 5.74) is 2.58. The lowest BCUT2D eigenvalue weighted by Gasteiger charge is -2.19. The summed E-state index contributed by atoms with van der Waals surface area (Å²) >= 11 is 0. The van der Waals surface area contributed by atoms with Crippen LogP contribution in [0.3, 0.4) is 0 Å². The molecule has 1 aliphatic heterocycles. The number of benzene rings is 2. The van der Waals surface area contributed by atoms with E-state index in [0.717, 1.165) is 0 Å². The summed E-state index contributed by atoms with van der Waals surface area (Å²) in [7, 11) is 0. The summed E-state index contributed by atoms with van der Waals surface area (Å²) < 4.78 is 0. The maximum Gasteiger partial charge on any atom is 0.266 e. The van der Waals surface area contributed by atoms with E-state index in [1.807, 2.05) is 0 Å². The number of imide groups is 1. The fraction of sp³-hybridized carbons (Fsp3) is 0.167. The molecular formula is C18H16N2O3. The van der Waals surface area contributed by atoms with Crippen molar-refractivity contribution in [2.45, 2.75) is 20.3 Å². The molecule has 5 heteroatoms. The Hall–Kier alpha value is -2.95. The van der Waals surface area contributed by atoms with Crippen LogP contribution in [0.4, 0.5) is 11.4 Å². The van der Waals surface area contributed by atoms with Crippen molar-refractivity contribution in [2.75, 3.05) is 10.2 Å². The van der Waals surface area contributed by atoms with Crippen molar-refractivity contribution < 1.29 is 14.4 Å². The van der Waals surface area contributed by atoms with E-state index in [2.05, 4.69) is 5.32 Å². The first kappa shape index (κ1) is 15.0. The molecule has 0 aromatic heterocycles. The Morgan fingerprint density at radius 1 is 1.00 bits per heavy atom. The number of hydrogen-bond donors (Lipinski definition) is 1. The standard InChI is InChI=1S/C18H16N2O3/c1-3-16(21)19-14-9-6-10-15(11(14)2)20-17(22)12-7-4-5-8-13(12)18(20)23/h4-10H,3H2,1-2H3,(H,19,21). The number of nitrogens with one attached hydrogen (secondary N) is 1. The van der Waals surface area contributed by atoms with Gasteiger partial charge in [-0.1, -0.05) is 25.1 Å². The topological polar surface area (TPSA) is 66.5 Å². The molecule has 3 rings (SSSR count). The summed E-state index contributed by atoms with van der Waals surface area (Å²) in [5, 5.41) is 2.79. The molecule has 1 N–H and O–H groups in total. The van der Waals surface area contributed by atoms with E-state index in [1.54, 1.807) is 56.3 Å². The van der Waals surface area contributed by atoms with Gasteiger partial charge in [-0.2, -0.15) is 0 Å². The number of carbonyl (C=O) groups is 3. The van der Waals surface area contributed by atoms with Crippen molar-refractivity contribution in [3.05, 3.63) is 59.2 Å². The quantitative estimate of drug-likeness (QED) is 0.886. The lowest BCUT2D eigenvalue weighted by Crippen LogP contribution is -2.30. The highest BCUT2D eigenvalue weighted by molar-refractivity contribution is 6.34. The number of anilines is 2. The molecule has 0 radical (unpaired) electrons. The average Bonchev–Trinajstić information content (AvgIpc) is 2.81. The molecule has 2 aromatic carbocycles. The van der Waals surface area contributed by atoms with E-state index >= 15 is 0 Å². The number of nitrogens with zero attached hydrogens (tertiary/aromatic N) is 1. The Morgan fingerprint density at radius 2 is 1.61 bits per heavy atom. The number of fused-ring (bicyclic) bond motifs is 1. The van der Waals surface area contributed by atoms with Gasteiger partial charge in [-0.15, -0.1) is 0 Å². The van der Waals surface area contributed by atoms with Gasteiger partial charge in [-0.25, -0.2) is 4.90 Å². The molecule has 1 aliphatic rings. The Balaban J connectivity index is 2.04. The minimum Gasteiger partial charge on any atom is -0.326 e. The van der Waals surface area contributed by atoms with Crippen LogP contribution in [-0.4, -0.2) is 17.7 Å². The molecule has 0 aliphatic carbocycles. The zero-order chi connectivity index (χ0) is 16.6. The van der Waals surface area contributed by atoms with Crippen LogP contribution in [0.1, 0.15) is 39.6 Å². The van der Waals surface area contributed by atoms with E-state index < -0.39 is 0 Å². The molecule has 0 atom stereocenters. The first-order valence-corrected chi connectivity index (χ1v) is 7.42. The van der Waals surface area contributed by atoms with Gasteiger partial charge in [0.25, 0.3) is 11.8 Å². The molecule has 0 saturated heterocycles. The summed E-state index contributed by atoms with van der Waals surface area (Å²) in [6, 6.07) is 11.9. The van der Waals surface area contributed by atoms with Crippen LogP contribution < -0.4 is 10.2 Å². The molecule has 1 heterocycles. The van der Waals surface area contributed by atoms with Crippen LogP contribution in [0, 0.1) is 6.92 Å². The second kappa shape index (κ2) is 5.68. The van der Waals surface area contributed by atoms with Crippen molar-refractivity contribution in [1.29, 1.82) is 0 Å². The molecule has 0 fully saturated rings. The van der Waals surface area contributed by atoms with Crippen molar-refractivity contribution in [3.8, 4) is 0 Å². The van der Waals surface area contributed by atoms with E-state index in [9.17, 15) is 14.4 Å². The molecule has 116 valence electrons. The predicted octanol–water partition coefficient (Wildman–Crippen LogP) is 3.14. The smallest absolute Gasteiger partial charge is 0.266 e. The van der Waals surface area contributed by atoms with Gasteiger partial charge in [0.05, 0.1) is 16.8 Å². The normalized spacial score (nSPS) is 13.2. The maximum absolute atomic E-state index is 12.6. The summed E-state index contributed by atoms with van der Waals surface area (Å²) in [5.74, 6) is -0.798. The van der Waals surface area contributed by atoms with Crippen LogP contribution in [0.15, 0.2) is 42.5 Å². The Labute approximate surface area is 133 Å². The second-order valence-corrected chi connectivity index (χ2v) is 5.34. The molecule has 0 unspecified atom stereocenters. The Kier molecular flexibility index (Phi) is 3.70. The third kappa shape index (κ3) is 2.40. The highest BCUT2D eigenvalue weighted by Crippen LogP contribution is 2.33. The molecule has 3 amide bonds. The van der Waals surface area contributed by atoms with E-state index in [-0.39, 0.29) is 17.7 Å². The Morgan fingerprint density at radius 3 is 2.17 bits per heavy atom. The van der Waals surface area contributed by atoms with E-state index in [1.165, 1.54) is 4.90 Å². The van der Waals surface area contributed by atoms with Crippen LogP contribution in [0.25, 0.3) is 0 Å². The van der Waals surface area contributed by atoms with Gasteiger partial charge >= 0.3 is 0 Å². The van der Waals surface area contributed by atoms with Crippen LogP contribution in [0.5, 0.6) is 0 Å². The van der Waals surface area contributed by atoms with Crippen molar-refractivity contribution >= 4 is 29.1 Å².